The Morgan fingerprint density at radius 3 is 2.47 bits per heavy atom. The molecule has 0 radical (unpaired) electrons. The molecule has 0 fully saturated rings. The molecule has 1 N–H and O–H groups in total. The molecule has 0 heterocycles. The third-order valence-electron chi connectivity index (χ3n) is 2.62. The summed E-state index contributed by atoms with van der Waals surface area (Å²) in [7, 11) is 1.62. The third-order valence-corrected chi connectivity index (χ3v) is 2.62. The second-order valence-electron chi connectivity index (χ2n) is 4.19. The van der Waals surface area contributed by atoms with Crippen LogP contribution in [0, 0.1) is 13.8 Å². The van der Waals surface area contributed by atoms with E-state index in [1.54, 1.807) is 13.1 Å². The summed E-state index contributed by atoms with van der Waals surface area (Å²) in [6, 6.07) is 5.60. The van der Waals surface area contributed by atoms with Crippen LogP contribution in [-0.4, -0.2) is 35.5 Å². The van der Waals surface area contributed by atoms with E-state index in [0.29, 0.717) is 5.56 Å². The van der Waals surface area contributed by atoms with Crippen LogP contribution in [0.1, 0.15) is 27.9 Å². The lowest BCUT2D eigenvalue weighted by Crippen LogP contribution is -2.29. The molecule has 92 valence electrons. The van der Waals surface area contributed by atoms with Gasteiger partial charge in [-0.3, -0.25) is 9.59 Å². The fourth-order valence-corrected chi connectivity index (χ4v) is 1.62. The predicted octanol–water partition coefficient (Wildman–Crippen LogP) is 1.85. The molecule has 0 aliphatic carbocycles. The summed E-state index contributed by atoms with van der Waals surface area (Å²) in [5, 5.41) is 8.57. The molecule has 4 heteroatoms. The minimum Gasteiger partial charge on any atom is -0.481 e. The molecule has 0 unspecified atom stereocenters. The first-order valence-electron chi connectivity index (χ1n) is 5.46. The minimum atomic E-state index is -0.898. The van der Waals surface area contributed by atoms with Crippen molar-refractivity contribution in [1.82, 2.24) is 4.90 Å². The van der Waals surface area contributed by atoms with Gasteiger partial charge >= 0.3 is 5.97 Å². The number of aliphatic carboxylic acids is 1. The van der Waals surface area contributed by atoms with Crippen molar-refractivity contribution in [1.29, 1.82) is 0 Å². The second-order valence-corrected chi connectivity index (χ2v) is 4.19. The molecule has 0 bridgehead atoms. The van der Waals surface area contributed by atoms with Gasteiger partial charge in [0.25, 0.3) is 5.91 Å². The highest BCUT2D eigenvalue weighted by Crippen LogP contribution is 2.12. The number of benzene rings is 1. The Morgan fingerprint density at radius 1 is 1.29 bits per heavy atom. The number of hydrogen-bond donors (Lipinski definition) is 1. The summed E-state index contributed by atoms with van der Waals surface area (Å²) in [5.74, 6) is -1.03. The van der Waals surface area contributed by atoms with Gasteiger partial charge in [-0.15, -0.1) is 0 Å². The summed E-state index contributed by atoms with van der Waals surface area (Å²) in [5.41, 5.74) is 2.65. The number of amides is 1. The Bertz CT molecular complexity index is 440. The minimum absolute atomic E-state index is 0.0346. The van der Waals surface area contributed by atoms with E-state index in [1.807, 2.05) is 26.0 Å². The van der Waals surface area contributed by atoms with Crippen LogP contribution in [0.25, 0.3) is 0 Å². The third kappa shape index (κ3) is 3.59. The molecular weight excluding hydrogens is 218 g/mol. The zero-order chi connectivity index (χ0) is 13.0. The molecule has 1 amide bonds. The zero-order valence-electron chi connectivity index (χ0n) is 10.4. The summed E-state index contributed by atoms with van der Waals surface area (Å²) >= 11 is 0. The topological polar surface area (TPSA) is 57.6 Å². The van der Waals surface area contributed by atoms with E-state index < -0.39 is 5.97 Å². The second kappa shape index (κ2) is 5.48. The van der Waals surface area contributed by atoms with E-state index in [1.165, 1.54) is 4.90 Å². The number of aryl methyl sites for hydroxylation is 2. The number of carbonyl (C=O) groups is 2. The van der Waals surface area contributed by atoms with Gasteiger partial charge in [0.15, 0.2) is 0 Å². The Morgan fingerprint density at radius 2 is 1.94 bits per heavy atom. The quantitative estimate of drug-likeness (QED) is 0.866. The lowest BCUT2D eigenvalue weighted by molar-refractivity contribution is -0.137. The normalized spacial score (nSPS) is 10.1. The maximum Gasteiger partial charge on any atom is 0.305 e. The van der Waals surface area contributed by atoms with Gasteiger partial charge in [0, 0.05) is 19.2 Å². The van der Waals surface area contributed by atoms with Crippen LogP contribution in [0.15, 0.2) is 18.2 Å². The van der Waals surface area contributed by atoms with Gasteiger partial charge in [0.05, 0.1) is 6.42 Å². The van der Waals surface area contributed by atoms with Gasteiger partial charge in [-0.05, 0) is 25.5 Å². The van der Waals surface area contributed by atoms with Crippen molar-refractivity contribution in [3.05, 3.63) is 34.9 Å². The molecule has 0 atom stereocenters. The van der Waals surface area contributed by atoms with Crippen molar-refractivity contribution in [2.45, 2.75) is 20.3 Å². The number of rotatable bonds is 4. The van der Waals surface area contributed by atoms with Crippen LogP contribution in [0.3, 0.4) is 0 Å². The number of carbonyl (C=O) groups excluding carboxylic acids is 1. The largest absolute Gasteiger partial charge is 0.481 e. The van der Waals surface area contributed by atoms with E-state index in [9.17, 15) is 9.59 Å². The molecule has 0 aliphatic heterocycles. The van der Waals surface area contributed by atoms with Gasteiger partial charge in [0.2, 0.25) is 0 Å². The van der Waals surface area contributed by atoms with Crippen molar-refractivity contribution < 1.29 is 14.7 Å². The van der Waals surface area contributed by atoms with Crippen LogP contribution in [0.5, 0.6) is 0 Å². The summed E-state index contributed by atoms with van der Waals surface area (Å²) < 4.78 is 0. The van der Waals surface area contributed by atoms with E-state index >= 15 is 0 Å². The van der Waals surface area contributed by atoms with Crippen molar-refractivity contribution >= 4 is 11.9 Å². The number of nitrogens with zero attached hydrogens (tertiary/aromatic N) is 1. The molecule has 4 nitrogen and oxygen atoms in total. The van der Waals surface area contributed by atoms with Crippen molar-refractivity contribution in [2.24, 2.45) is 0 Å². The molecule has 0 aliphatic rings. The SMILES string of the molecule is Cc1ccc(C(=O)N(C)CCC(=O)O)c(C)c1. The maximum absolute atomic E-state index is 12.0. The highest BCUT2D eigenvalue weighted by atomic mass is 16.4. The molecule has 1 aromatic rings. The van der Waals surface area contributed by atoms with Crippen molar-refractivity contribution in [2.75, 3.05) is 13.6 Å². The van der Waals surface area contributed by atoms with Gasteiger partial charge < -0.3 is 10.0 Å². The maximum atomic E-state index is 12.0. The smallest absolute Gasteiger partial charge is 0.305 e. The molecule has 1 rings (SSSR count). The highest BCUT2D eigenvalue weighted by molar-refractivity contribution is 5.95. The first-order valence-corrected chi connectivity index (χ1v) is 5.46. The van der Waals surface area contributed by atoms with Crippen LogP contribution < -0.4 is 0 Å². The zero-order valence-corrected chi connectivity index (χ0v) is 10.4. The van der Waals surface area contributed by atoms with Crippen molar-refractivity contribution in [3.63, 3.8) is 0 Å². The van der Waals surface area contributed by atoms with E-state index in [2.05, 4.69) is 0 Å². The molecule has 0 saturated carbocycles. The number of carboxylic acids is 1. The Hall–Kier alpha value is -1.84. The predicted molar refractivity (Wildman–Crippen MR) is 65.1 cm³/mol. The average Bonchev–Trinajstić information content (AvgIpc) is 2.25. The van der Waals surface area contributed by atoms with E-state index in [0.717, 1.165) is 11.1 Å². The lowest BCUT2D eigenvalue weighted by atomic mass is 10.0. The van der Waals surface area contributed by atoms with Gasteiger partial charge in [-0.1, -0.05) is 17.7 Å². The summed E-state index contributed by atoms with van der Waals surface area (Å²) in [4.78, 5) is 23.9. The van der Waals surface area contributed by atoms with Crippen LogP contribution in [0.2, 0.25) is 0 Å². The highest BCUT2D eigenvalue weighted by Gasteiger charge is 2.14. The van der Waals surface area contributed by atoms with Crippen LogP contribution in [0.4, 0.5) is 0 Å². The average molecular weight is 235 g/mol. The molecule has 0 spiro atoms. The van der Waals surface area contributed by atoms with Crippen LogP contribution >= 0.6 is 0 Å². The number of carboxylic acid groups (broad SMARTS) is 1. The molecule has 0 aromatic heterocycles. The van der Waals surface area contributed by atoms with Crippen molar-refractivity contribution in [3.8, 4) is 0 Å². The molecular formula is C13H17NO3. The molecule has 1 aromatic carbocycles. The first kappa shape index (κ1) is 13.2. The van der Waals surface area contributed by atoms with Crippen LogP contribution in [-0.2, 0) is 4.79 Å². The lowest BCUT2D eigenvalue weighted by Gasteiger charge is -2.17. The Balaban J connectivity index is 2.78. The summed E-state index contributed by atoms with van der Waals surface area (Å²) in [6.07, 6.45) is -0.0346. The fraction of sp³-hybridized carbons (Fsp3) is 0.385. The van der Waals surface area contributed by atoms with E-state index in [4.69, 9.17) is 5.11 Å². The van der Waals surface area contributed by atoms with Gasteiger partial charge in [-0.25, -0.2) is 0 Å². The fourth-order valence-electron chi connectivity index (χ4n) is 1.62. The number of hydrogen-bond acceptors (Lipinski definition) is 2. The van der Waals surface area contributed by atoms with E-state index in [-0.39, 0.29) is 18.9 Å². The van der Waals surface area contributed by atoms with Gasteiger partial charge in [0.1, 0.15) is 0 Å². The standard InChI is InChI=1S/C13H17NO3/c1-9-4-5-11(10(2)8-9)13(17)14(3)7-6-12(15)16/h4-5,8H,6-7H2,1-3H3,(H,15,16). The monoisotopic (exact) mass is 235 g/mol. The molecule has 17 heavy (non-hydrogen) atoms. The molecule has 0 saturated heterocycles. The summed E-state index contributed by atoms with van der Waals surface area (Å²) in [6.45, 7) is 4.07. The Kier molecular flexibility index (Phi) is 4.26. The Labute approximate surface area is 101 Å². The van der Waals surface area contributed by atoms with Gasteiger partial charge in [-0.2, -0.15) is 0 Å². The first-order chi connectivity index (χ1) is 7.91.